The lowest BCUT2D eigenvalue weighted by Gasteiger charge is -2.06. The van der Waals surface area contributed by atoms with Gasteiger partial charge in [-0.05, 0) is 26.7 Å². The molecule has 0 amide bonds. The molecule has 1 rings (SSSR count). The lowest BCUT2D eigenvalue weighted by molar-refractivity contribution is -0.135. The van der Waals surface area contributed by atoms with Gasteiger partial charge in [0.25, 0.3) is 0 Å². The van der Waals surface area contributed by atoms with E-state index in [4.69, 9.17) is 4.74 Å². The normalized spacial score (nSPS) is 19.8. The Balaban J connectivity index is 2.15. The number of unbranched alkanes of at least 4 members (excludes halogenated alkanes) is 2. The molecule has 17 heavy (non-hydrogen) atoms. The van der Waals surface area contributed by atoms with Gasteiger partial charge in [0.15, 0.2) is 0 Å². The van der Waals surface area contributed by atoms with Gasteiger partial charge in [0, 0.05) is 17.9 Å². The summed E-state index contributed by atoms with van der Waals surface area (Å²) in [5, 5.41) is 9.37. The maximum atomic E-state index is 11.1. The predicted octanol–water partition coefficient (Wildman–Crippen LogP) is 2.05. The zero-order valence-corrected chi connectivity index (χ0v) is 10.6. The molecule has 0 saturated carbocycles. The highest BCUT2D eigenvalue weighted by atomic mass is 16.5. The van der Waals surface area contributed by atoms with Crippen molar-refractivity contribution >= 4 is 5.97 Å². The van der Waals surface area contributed by atoms with Gasteiger partial charge in [0.05, 0.1) is 6.61 Å². The van der Waals surface area contributed by atoms with E-state index in [2.05, 4.69) is 18.4 Å². The SMILES string of the molecule is C=C1C(=O)OCC1CCCCC#CC(C)(C)O. The van der Waals surface area contributed by atoms with Crippen LogP contribution in [-0.2, 0) is 9.53 Å². The maximum absolute atomic E-state index is 11.1. The molecule has 0 aromatic carbocycles. The van der Waals surface area contributed by atoms with E-state index in [0.717, 1.165) is 25.7 Å². The smallest absolute Gasteiger partial charge is 0.333 e. The summed E-state index contributed by atoms with van der Waals surface area (Å²) in [5.74, 6) is 5.66. The first kappa shape index (κ1) is 13.8. The molecule has 1 fully saturated rings. The molecule has 0 bridgehead atoms. The molecule has 1 saturated heterocycles. The van der Waals surface area contributed by atoms with Crippen LogP contribution in [0.4, 0.5) is 0 Å². The van der Waals surface area contributed by atoms with Crippen molar-refractivity contribution in [3.63, 3.8) is 0 Å². The molecule has 1 aliphatic rings. The van der Waals surface area contributed by atoms with Crippen LogP contribution in [0.1, 0.15) is 39.5 Å². The van der Waals surface area contributed by atoms with Gasteiger partial charge in [0.2, 0.25) is 0 Å². The average molecular weight is 236 g/mol. The third-order valence-corrected chi connectivity index (χ3v) is 2.67. The molecule has 0 spiro atoms. The third-order valence-electron chi connectivity index (χ3n) is 2.67. The van der Waals surface area contributed by atoms with Gasteiger partial charge in [-0.2, -0.15) is 0 Å². The van der Waals surface area contributed by atoms with Gasteiger partial charge in [0.1, 0.15) is 5.60 Å². The summed E-state index contributed by atoms with van der Waals surface area (Å²) in [4.78, 5) is 11.1. The van der Waals surface area contributed by atoms with Gasteiger partial charge < -0.3 is 9.84 Å². The van der Waals surface area contributed by atoms with E-state index in [1.807, 2.05) is 0 Å². The summed E-state index contributed by atoms with van der Waals surface area (Å²) in [6, 6.07) is 0. The highest BCUT2D eigenvalue weighted by molar-refractivity contribution is 5.90. The van der Waals surface area contributed by atoms with Crippen molar-refractivity contribution in [2.75, 3.05) is 6.61 Å². The third kappa shape index (κ3) is 5.06. The fourth-order valence-corrected chi connectivity index (χ4v) is 1.68. The molecular formula is C14H20O3. The predicted molar refractivity (Wildman–Crippen MR) is 66.1 cm³/mol. The monoisotopic (exact) mass is 236 g/mol. The Bertz CT molecular complexity index is 352. The highest BCUT2D eigenvalue weighted by Crippen LogP contribution is 2.24. The van der Waals surface area contributed by atoms with Gasteiger partial charge in [-0.1, -0.05) is 18.9 Å². The number of carbonyl (C=O) groups is 1. The Kier molecular flexibility index (Phi) is 4.77. The fourth-order valence-electron chi connectivity index (χ4n) is 1.68. The van der Waals surface area contributed by atoms with Crippen molar-refractivity contribution in [1.82, 2.24) is 0 Å². The second-order valence-electron chi connectivity index (χ2n) is 4.93. The Morgan fingerprint density at radius 2 is 2.24 bits per heavy atom. The zero-order chi connectivity index (χ0) is 12.9. The summed E-state index contributed by atoms with van der Waals surface area (Å²) in [6.07, 6.45) is 3.68. The van der Waals surface area contributed by atoms with Crippen molar-refractivity contribution in [2.24, 2.45) is 5.92 Å². The van der Waals surface area contributed by atoms with Crippen LogP contribution in [0.25, 0.3) is 0 Å². The van der Waals surface area contributed by atoms with Crippen LogP contribution in [-0.4, -0.2) is 23.3 Å². The minimum Gasteiger partial charge on any atom is -0.462 e. The molecule has 0 radical (unpaired) electrons. The number of cyclic esters (lactones) is 1. The maximum Gasteiger partial charge on any atom is 0.333 e. The summed E-state index contributed by atoms with van der Waals surface area (Å²) >= 11 is 0. The molecule has 0 aliphatic carbocycles. The van der Waals surface area contributed by atoms with Crippen LogP contribution in [0, 0.1) is 17.8 Å². The Morgan fingerprint density at radius 1 is 1.53 bits per heavy atom. The lowest BCUT2D eigenvalue weighted by Crippen LogP contribution is -2.14. The van der Waals surface area contributed by atoms with Crippen molar-refractivity contribution in [3.05, 3.63) is 12.2 Å². The minimum atomic E-state index is -0.903. The average Bonchev–Trinajstić information content (AvgIpc) is 2.53. The van der Waals surface area contributed by atoms with Crippen molar-refractivity contribution in [1.29, 1.82) is 0 Å². The van der Waals surface area contributed by atoms with Crippen LogP contribution in [0.5, 0.6) is 0 Å². The Labute approximate surface area is 103 Å². The van der Waals surface area contributed by atoms with Crippen molar-refractivity contribution < 1.29 is 14.6 Å². The number of hydrogen-bond donors (Lipinski definition) is 1. The molecule has 1 unspecified atom stereocenters. The number of ether oxygens (including phenoxy) is 1. The van der Waals surface area contributed by atoms with E-state index in [9.17, 15) is 9.90 Å². The van der Waals surface area contributed by atoms with Gasteiger partial charge in [-0.15, -0.1) is 5.92 Å². The first-order valence-corrected chi connectivity index (χ1v) is 5.98. The molecular weight excluding hydrogens is 216 g/mol. The number of aliphatic hydroxyl groups is 1. The van der Waals surface area contributed by atoms with E-state index in [1.165, 1.54) is 0 Å². The molecule has 1 N–H and O–H groups in total. The molecule has 94 valence electrons. The van der Waals surface area contributed by atoms with Crippen molar-refractivity contribution in [2.45, 2.75) is 45.1 Å². The van der Waals surface area contributed by atoms with E-state index in [-0.39, 0.29) is 11.9 Å². The molecule has 1 heterocycles. The first-order valence-electron chi connectivity index (χ1n) is 5.98. The fraction of sp³-hybridized carbons (Fsp3) is 0.643. The molecule has 0 aromatic heterocycles. The van der Waals surface area contributed by atoms with Crippen LogP contribution >= 0.6 is 0 Å². The lowest BCUT2D eigenvalue weighted by atomic mass is 9.97. The molecule has 3 nitrogen and oxygen atoms in total. The first-order chi connectivity index (χ1) is 7.90. The van der Waals surface area contributed by atoms with E-state index in [1.54, 1.807) is 13.8 Å². The zero-order valence-electron chi connectivity index (χ0n) is 10.6. The van der Waals surface area contributed by atoms with E-state index in [0.29, 0.717) is 12.2 Å². The van der Waals surface area contributed by atoms with Crippen LogP contribution < -0.4 is 0 Å². The van der Waals surface area contributed by atoms with Crippen molar-refractivity contribution in [3.8, 4) is 11.8 Å². The van der Waals surface area contributed by atoms with Crippen LogP contribution in [0.3, 0.4) is 0 Å². The number of esters is 1. The largest absolute Gasteiger partial charge is 0.462 e. The van der Waals surface area contributed by atoms with Gasteiger partial charge in [-0.3, -0.25) is 0 Å². The molecule has 0 aromatic rings. The van der Waals surface area contributed by atoms with Gasteiger partial charge >= 0.3 is 5.97 Å². The second-order valence-corrected chi connectivity index (χ2v) is 4.93. The van der Waals surface area contributed by atoms with Crippen LogP contribution in [0.15, 0.2) is 12.2 Å². The van der Waals surface area contributed by atoms with E-state index < -0.39 is 5.60 Å². The number of carbonyl (C=O) groups excluding carboxylic acids is 1. The van der Waals surface area contributed by atoms with E-state index >= 15 is 0 Å². The van der Waals surface area contributed by atoms with Crippen LogP contribution in [0.2, 0.25) is 0 Å². The summed E-state index contributed by atoms with van der Waals surface area (Å²) in [6.45, 7) is 7.55. The quantitative estimate of drug-likeness (QED) is 0.352. The molecule has 1 aliphatic heterocycles. The molecule has 3 heteroatoms. The van der Waals surface area contributed by atoms with Gasteiger partial charge in [-0.25, -0.2) is 4.79 Å². The second kappa shape index (κ2) is 5.88. The number of rotatable bonds is 4. The summed E-state index contributed by atoms with van der Waals surface area (Å²) in [7, 11) is 0. The standard InChI is InChI=1S/C14H20O3/c1-11-12(10-17-13(11)15)8-6-4-5-7-9-14(2,3)16/h12,16H,1,4-6,8,10H2,2-3H3. The topological polar surface area (TPSA) is 46.5 Å². The molecule has 1 atom stereocenters. The minimum absolute atomic E-state index is 0.185. The number of hydrogen-bond acceptors (Lipinski definition) is 3. The summed E-state index contributed by atoms with van der Waals surface area (Å²) < 4.78 is 4.90. The summed E-state index contributed by atoms with van der Waals surface area (Å²) in [5.41, 5.74) is -0.299. The highest BCUT2D eigenvalue weighted by Gasteiger charge is 2.27. The Morgan fingerprint density at radius 3 is 2.76 bits per heavy atom. The Hall–Kier alpha value is -1.27.